The maximum atomic E-state index is 9.66. The van der Waals surface area contributed by atoms with E-state index < -0.39 is 0 Å². The number of phenols is 1. The van der Waals surface area contributed by atoms with Gasteiger partial charge in [-0.15, -0.1) is 0 Å². The fraction of sp³-hybridized carbons (Fsp3) is 0.571. The highest BCUT2D eigenvalue weighted by atomic mass is 16.3. The molecule has 0 heterocycles. The minimum absolute atomic E-state index is 0.375. The molecule has 0 saturated heterocycles. The van der Waals surface area contributed by atoms with E-state index in [0.717, 1.165) is 17.5 Å². The summed E-state index contributed by atoms with van der Waals surface area (Å²) in [6, 6.07) is 4.18. The minimum Gasteiger partial charge on any atom is -0.507 e. The van der Waals surface area contributed by atoms with Crippen LogP contribution in [0.15, 0.2) is 12.1 Å². The molecule has 0 radical (unpaired) electrons. The Kier molecular flexibility index (Phi) is 3.43. The molecule has 1 nitrogen and oxygen atoms in total. The summed E-state index contributed by atoms with van der Waals surface area (Å²) in [5, 5.41) is 9.66. The Balaban J connectivity index is 2.80. The molecule has 0 aliphatic heterocycles. The lowest BCUT2D eigenvalue weighted by atomic mass is 9.88. The molecule has 1 aromatic carbocycles. The van der Waals surface area contributed by atoms with Gasteiger partial charge < -0.3 is 5.11 Å². The minimum atomic E-state index is 0.375. The maximum Gasteiger partial charge on any atom is 0.121 e. The molecule has 1 aromatic rings. The van der Waals surface area contributed by atoms with E-state index in [0.29, 0.717) is 11.2 Å². The molecule has 0 bridgehead atoms. The van der Waals surface area contributed by atoms with Gasteiger partial charge in [-0.25, -0.2) is 0 Å². The number of rotatable bonds is 2. The zero-order chi connectivity index (χ0) is 11.6. The molecule has 0 fully saturated rings. The Hall–Kier alpha value is -0.980. The Bertz CT molecular complexity index is 322. The average Bonchev–Trinajstić information content (AvgIpc) is 2.09. The van der Waals surface area contributed by atoms with E-state index in [1.165, 1.54) is 12.0 Å². The third-order valence-corrected chi connectivity index (χ3v) is 2.71. The second-order valence-electron chi connectivity index (χ2n) is 5.64. The first kappa shape index (κ1) is 12.1. The summed E-state index contributed by atoms with van der Waals surface area (Å²) in [7, 11) is 0. The lowest BCUT2D eigenvalue weighted by molar-refractivity contribution is 0.378. The summed E-state index contributed by atoms with van der Waals surface area (Å²) in [6.45, 7) is 10.7. The van der Waals surface area contributed by atoms with Crippen molar-refractivity contribution in [1.29, 1.82) is 0 Å². The zero-order valence-corrected chi connectivity index (χ0v) is 10.5. The molecule has 0 atom stereocenters. The summed E-state index contributed by atoms with van der Waals surface area (Å²) in [6.07, 6.45) is 2.27. The molecule has 0 aliphatic carbocycles. The number of hydrogen-bond donors (Lipinski definition) is 1. The third-order valence-electron chi connectivity index (χ3n) is 2.71. The van der Waals surface area contributed by atoms with Crippen molar-refractivity contribution in [1.82, 2.24) is 0 Å². The van der Waals surface area contributed by atoms with Crippen LogP contribution < -0.4 is 0 Å². The summed E-state index contributed by atoms with van der Waals surface area (Å²) in [5.74, 6) is 0.439. The van der Waals surface area contributed by atoms with Crippen LogP contribution in [0.5, 0.6) is 5.75 Å². The molecular formula is C14H22O. The molecule has 0 aliphatic rings. The van der Waals surface area contributed by atoms with Gasteiger partial charge in [-0.05, 0) is 48.8 Å². The Morgan fingerprint density at radius 3 is 1.93 bits per heavy atom. The van der Waals surface area contributed by atoms with Crippen molar-refractivity contribution in [3.05, 3.63) is 28.8 Å². The quantitative estimate of drug-likeness (QED) is 0.775. The number of benzene rings is 1. The molecule has 1 heteroatoms. The van der Waals surface area contributed by atoms with Crippen molar-refractivity contribution in [3.8, 4) is 5.75 Å². The highest BCUT2D eigenvalue weighted by Crippen LogP contribution is 2.26. The second-order valence-corrected chi connectivity index (χ2v) is 5.64. The number of hydrogen-bond acceptors (Lipinski definition) is 1. The van der Waals surface area contributed by atoms with E-state index in [2.05, 4.69) is 32.9 Å². The van der Waals surface area contributed by atoms with Gasteiger partial charge in [0.1, 0.15) is 5.75 Å². The maximum absolute atomic E-state index is 9.66. The predicted octanol–water partition coefficient (Wildman–Crippen LogP) is 3.99. The van der Waals surface area contributed by atoms with Crippen molar-refractivity contribution in [2.24, 2.45) is 5.41 Å². The standard InChI is InChI=1S/C14H22O/c1-10-8-12(6-7-14(3,4)5)9-11(2)13(10)15/h8-9,15H,6-7H2,1-5H3. The molecule has 1 N–H and O–H groups in total. The summed E-state index contributed by atoms with van der Waals surface area (Å²) >= 11 is 0. The molecule has 0 saturated carbocycles. The summed E-state index contributed by atoms with van der Waals surface area (Å²) in [5.41, 5.74) is 3.68. The van der Waals surface area contributed by atoms with Crippen LogP contribution >= 0.6 is 0 Å². The van der Waals surface area contributed by atoms with Gasteiger partial charge in [0.15, 0.2) is 0 Å². The van der Waals surface area contributed by atoms with Gasteiger partial charge in [-0.3, -0.25) is 0 Å². The first-order valence-corrected chi connectivity index (χ1v) is 5.59. The molecule has 0 spiro atoms. The molecular weight excluding hydrogens is 184 g/mol. The molecule has 84 valence electrons. The fourth-order valence-corrected chi connectivity index (χ4v) is 1.71. The van der Waals surface area contributed by atoms with Crippen LogP contribution in [-0.4, -0.2) is 5.11 Å². The number of aromatic hydroxyl groups is 1. The number of phenolic OH excluding ortho intramolecular Hbond substituents is 1. The summed E-state index contributed by atoms with van der Waals surface area (Å²) in [4.78, 5) is 0. The average molecular weight is 206 g/mol. The van der Waals surface area contributed by atoms with Crippen LogP contribution in [0.25, 0.3) is 0 Å². The van der Waals surface area contributed by atoms with Crippen LogP contribution in [-0.2, 0) is 6.42 Å². The van der Waals surface area contributed by atoms with E-state index in [-0.39, 0.29) is 0 Å². The molecule has 0 aromatic heterocycles. The van der Waals surface area contributed by atoms with Crippen LogP contribution in [0.3, 0.4) is 0 Å². The Morgan fingerprint density at radius 2 is 1.53 bits per heavy atom. The third kappa shape index (κ3) is 3.58. The topological polar surface area (TPSA) is 20.2 Å². The van der Waals surface area contributed by atoms with Gasteiger partial charge in [0, 0.05) is 0 Å². The molecule has 0 amide bonds. The van der Waals surface area contributed by atoms with Gasteiger partial charge in [-0.2, -0.15) is 0 Å². The van der Waals surface area contributed by atoms with Gasteiger partial charge >= 0.3 is 0 Å². The number of aryl methyl sites for hydroxylation is 3. The van der Waals surface area contributed by atoms with E-state index in [9.17, 15) is 5.11 Å². The van der Waals surface area contributed by atoms with Crippen molar-refractivity contribution in [3.63, 3.8) is 0 Å². The lowest BCUT2D eigenvalue weighted by Crippen LogP contribution is -2.06. The van der Waals surface area contributed by atoms with Crippen LogP contribution in [0, 0.1) is 19.3 Å². The van der Waals surface area contributed by atoms with E-state index in [1.807, 2.05) is 13.8 Å². The monoisotopic (exact) mass is 206 g/mol. The van der Waals surface area contributed by atoms with Crippen molar-refractivity contribution < 1.29 is 5.11 Å². The fourth-order valence-electron chi connectivity index (χ4n) is 1.71. The summed E-state index contributed by atoms with van der Waals surface area (Å²) < 4.78 is 0. The molecule has 1 rings (SSSR count). The van der Waals surface area contributed by atoms with Crippen molar-refractivity contribution in [2.75, 3.05) is 0 Å². The van der Waals surface area contributed by atoms with Gasteiger partial charge in [0.2, 0.25) is 0 Å². The highest BCUT2D eigenvalue weighted by Gasteiger charge is 2.11. The zero-order valence-electron chi connectivity index (χ0n) is 10.5. The van der Waals surface area contributed by atoms with Crippen LogP contribution in [0.1, 0.15) is 43.9 Å². The van der Waals surface area contributed by atoms with Gasteiger partial charge in [0.25, 0.3) is 0 Å². The van der Waals surface area contributed by atoms with Gasteiger partial charge in [0.05, 0.1) is 0 Å². The van der Waals surface area contributed by atoms with Crippen LogP contribution in [0.2, 0.25) is 0 Å². The predicted molar refractivity (Wildman–Crippen MR) is 65.4 cm³/mol. The van der Waals surface area contributed by atoms with E-state index in [4.69, 9.17) is 0 Å². The Morgan fingerprint density at radius 1 is 1.07 bits per heavy atom. The highest BCUT2D eigenvalue weighted by molar-refractivity contribution is 5.42. The van der Waals surface area contributed by atoms with Crippen molar-refractivity contribution in [2.45, 2.75) is 47.5 Å². The van der Waals surface area contributed by atoms with Crippen molar-refractivity contribution >= 4 is 0 Å². The molecule has 15 heavy (non-hydrogen) atoms. The van der Waals surface area contributed by atoms with Gasteiger partial charge in [-0.1, -0.05) is 32.9 Å². The first-order valence-electron chi connectivity index (χ1n) is 5.59. The molecule has 0 unspecified atom stereocenters. The smallest absolute Gasteiger partial charge is 0.121 e. The van der Waals surface area contributed by atoms with E-state index >= 15 is 0 Å². The first-order chi connectivity index (χ1) is 6.79. The second kappa shape index (κ2) is 4.26. The van der Waals surface area contributed by atoms with Crippen LogP contribution in [0.4, 0.5) is 0 Å². The lowest BCUT2D eigenvalue weighted by Gasteiger charge is -2.18. The normalized spacial score (nSPS) is 11.8. The Labute approximate surface area is 93.1 Å². The SMILES string of the molecule is Cc1cc(CCC(C)(C)C)cc(C)c1O. The van der Waals surface area contributed by atoms with E-state index in [1.54, 1.807) is 0 Å². The largest absolute Gasteiger partial charge is 0.507 e.